The quantitative estimate of drug-likeness (QED) is 0.662. The summed E-state index contributed by atoms with van der Waals surface area (Å²) in [6, 6.07) is 18.4. The molecule has 2 aromatic carbocycles. The standard InChI is InChI=1S/C19H17N3S/c1-14-6-8-17(9-7-14)18-12-21-19(22(18)2)23-13-16-5-3-4-15(10-16)11-20/h3-10,12H,13H2,1-2H3. The van der Waals surface area contributed by atoms with Crippen molar-refractivity contribution < 1.29 is 0 Å². The number of hydrogen-bond donors (Lipinski definition) is 0. The average molecular weight is 319 g/mol. The van der Waals surface area contributed by atoms with E-state index in [2.05, 4.69) is 46.8 Å². The Morgan fingerprint density at radius 3 is 2.70 bits per heavy atom. The first-order valence-corrected chi connectivity index (χ1v) is 8.36. The van der Waals surface area contributed by atoms with Crippen LogP contribution in [0.5, 0.6) is 0 Å². The number of aryl methyl sites for hydroxylation is 1. The minimum Gasteiger partial charge on any atom is -0.322 e. The minimum atomic E-state index is 0.697. The summed E-state index contributed by atoms with van der Waals surface area (Å²) >= 11 is 1.68. The predicted molar refractivity (Wildman–Crippen MR) is 94.1 cm³/mol. The molecule has 0 saturated carbocycles. The van der Waals surface area contributed by atoms with Crippen LogP contribution in [0.15, 0.2) is 59.9 Å². The van der Waals surface area contributed by atoms with Crippen molar-refractivity contribution in [1.29, 1.82) is 5.26 Å². The van der Waals surface area contributed by atoms with Gasteiger partial charge in [0.1, 0.15) is 0 Å². The van der Waals surface area contributed by atoms with E-state index in [9.17, 15) is 0 Å². The van der Waals surface area contributed by atoms with E-state index in [4.69, 9.17) is 5.26 Å². The molecular weight excluding hydrogens is 302 g/mol. The second-order valence-corrected chi connectivity index (χ2v) is 6.39. The summed E-state index contributed by atoms with van der Waals surface area (Å²) in [5.74, 6) is 0.799. The monoisotopic (exact) mass is 319 g/mol. The topological polar surface area (TPSA) is 41.6 Å². The minimum absolute atomic E-state index is 0.697. The molecule has 0 spiro atoms. The maximum atomic E-state index is 8.97. The maximum absolute atomic E-state index is 8.97. The lowest BCUT2D eigenvalue weighted by molar-refractivity contribution is 0.796. The van der Waals surface area contributed by atoms with E-state index in [0.29, 0.717) is 5.56 Å². The number of nitriles is 1. The Bertz CT molecular complexity index is 857. The molecular formula is C19H17N3S. The fourth-order valence-electron chi connectivity index (χ4n) is 2.40. The molecule has 23 heavy (non-hydrogen) atoms. The zero-order valence-corrected chi connectivity index (χ0v) is 14.0. The molecule has 0 bridgehead atoms. The van der Waals surface area contributed by atoms with Gasteiger partial charge in [-0.25, -0.2) is 4.98 Å². The lowest BCUT2D eigenvalue weighted by atomic mass is 10.1. The van der Waals surface area contributed by atoms with Crippen LogP contribution in [-0.2, 0) is 12.8 Å². The Hall–Kier alpha value is -2.51. The van der Waals surface area contributed by atoms with Crippen molar-refractivity contribution in [3.8, 4) is 17.3 Å². The van der Waals surface area contributed by atoms with Crippen LogP contribution in [0.25, 0.3) is 11.3 Å². The lowest BCUT2D eigenvalue weighted by Crippen LogP contribution is -1.94. The number of rotatable bonds is 4. The van der Waals surface area contributed by atoms with Gasteiger partial charge in [0.05, 0.1) is 23.5 Å². The summed E-state index contributed by atoms with van der Waals surface area (Å²) in [6.07, 6.45) is 1.92. The van der Waals surface area contributed by atoms with E-state index in [-0.39, 0.29) is 0 Å². The van der Waals surface area contributed by atoms with E-state index in [1.165, 1.54) is 11.1 Å². The largest absolute Gasteiger partial charge is 0.322 e. The SMILES string of the molecule is Cc1ccc(-c2cnc(SCc3cccc(C#N)c3)n2C)cc1. The van der Waals surface area contributed by atoms with Gasteiger partial charge < -0.3 is 4.57 Å². The first kappa shape index (κ1) is 15.4. The molecule has 0 amide bonds. The normalized spacial score (nSPS) is 10.5. The summed E-state index contributed by atoms with van der Waals surface area (Å²) in [5, 5.41) is 9.94. The first-order chi connectivity index (χ1) is 11.2. The zero-order valence-electron chi connectivity index (χ0n) is 13.2. The molecule has 0 unspecified atom stereocenters. The Kier molecular flexibility index (Phi) is 4.50. The smallest absolute Gasteiger partial charge is 0.168 e. The number of aromatic nitrogens is 2. The lowest BCUT2D eigenvalue weighted by Gasteiger charge is -2.06. The molecule has 3 nitrogen and oxygen atoms in total. The number of benzene rings is 2. The summed E-state index contributed by atoms with van der Waals surface area (Å²) in [4.78, 5) is 4.53. The molecule has 4 heteroatoms. The van der Waals surface area contributed by atoms with Crippen molar-refractivity contribution in [3.63, 3.8) is 0 Å². The van der Waals surface area contributed by atoms with E-state index in [0.717, 1.165) is 22.2 Å². The van der Waals surface area contributed by atoms with Gasteiger partial charge in [0.25, 0.3) is 0 Å². The van der Waals surface area contributed by atoms with Crippen LogP contribution in [0.4, 0.5) is 0 Å². The highest BCUT2D eigenvalue weighted by Gasteiger charge is 2.09. The average Bonchev–Trinajstić information content (AvgIpc) is 2.95. The van der Waals surface area contributed by atoms with Gasteiger partial charge in [0.2, 0.25) is 0 Å². The zero-order chi connectivity index (χ0) is 16.2. The molecule has 0 saturated heterocycles. The van der Waals surface area contributed by atoms with Crippen LogP contribution in [0, 0.1) is 18.3 Å². The maximum Gasteiger partial charge on any atom is 0.168 e. The van der Waals surface area contributed by atoms with Gasteiger partial charge in [0, 0.05) is 12.8 Å². The molecule has 0 N–H and O–H groups in total. The van der Waals surface area contributed by atoms with Crippen molar-refractivity contribution in [2.24, 2.45) is 7.05 Å². The van der Waals surface area contributed by atoms with Crippen LogP contribution in [0.3, 0.4) is 0 Å². The summed E-state index contributed by atoms with van der Waals surface area (Å²) in [6.45, 7) is 2.09. The summed E-state index contributed by atoms with van der Waals surface area (Å²) in [5.41, 5.74) is 5.36. The van der Waals surface area contributed by atoms with Gasteiger partial charge >= 0.3 is 0 Å². The Labute approximate surface area is 140 Å². The predicted octanol–water partition coefficient (Wildman–Crippen LogP) is 4.56. The van der Waals surface area contributed by atoms with E-state index in [1.54, 1.807) is 11.8 Å². The number of thioether (sulfide) groups is 1. The van der Waals surface area contributed by atoms with Crippen molar-refractivity contribution >= 4 is 11.8 Å². The third-order valence-corrected chi connectivity index (χ3v) is 4.83. The molecule has 3 aromatic rings. The molecule has 114 valence electrons. The van der Waals surface area contributed by atoms with Crippen molar-refractivity contribution in [2.75, 3.05) is 0 Å². The molecule has 0 aliphatic heterocycles. The molecule has 1 aromatic heterocycles. The summed E-state index contributed by atoms with van der Waals surface area (Å²) in [7, 11) is 2.04. The molecule has 0 aliphatic rings. The third kappa shape index (κ3) is 3.46. The molecule has 0 atom stereocenters. The van der Waals surface area contributed by atoms with Crippen LogP contribution in [0.1, 0.15) is 16.7 Å². The Morgan fingerprint density at radius 2 is 1.96 bits per heavy atom. The molecule has 0 aliphatic carbocycles. The number of nitrogens with zero attached hydrogens (tertiary/aromatic N) is 3. The van der Waals surface area contributed by atoms with Crippen LogP contribution >= 0.6 is 11.8 Å². The van der Waals surface area contributed by atoms with Crippen LogP contribution in [-0.4, -0.2) is 9.55 Å². The third-order valence-electron chi connectivity index (χ3n) is 3.72. The van der Waals surface area contributed by atoms with Gasteiger partial charge in [-0.1, -0.05) is 53.7 Å². The van der Waals surface area contributed by atoms with Gasteiger partial charge in [-0.05, 0) is 30.2 Å². The van der Waals surface area contributed by atoms with Gasteiger partial charge in [0.15, 0.2) is 5.16 Å². The van der Waals surface area contributed by atoms with Crippen LogP contribution < -0.4 is 0 Å². The van der Waals surface area contributed by atoms with Crippen molar-refractivity contribution in [2.45, 2.75) is 17.8 Å². The summed E-state index contributed by atoms with van der Waals surface area (Å²) < 4.78 is 2.11. The second kappa shape index (κ2) is 6.72. The highest BCUT2D eigenvalue weighted by Crippen LogP contribution is 2.27. The number of imidazole rings is 1. The fraction of sp³-hybridized carbons (Fsp3) is 0.158. The van der Waals surface area contributed by atoms with Crippen LogP contribution in [0.2, 0.25) is 0 Å². The second-order valence-electron chi connectivity index (χ2n) is 5.45. The fourth-order valence-corrected chi connectivity index (χ4v) is 3.29. The van der Waals surface area contributed by atoms with E-state index in [1.807, 2.05) is 37.5 Å². The van der Waals surface area contributed by atoms with Gasteiger partial charge in [-0.15, -0.1) is 0 Å². The highest BCUT2D eigenvalue weighted by molar-refractivity contribution is 7.98. The Balaban J connectivity index is 1.77. The van der Waals surface area contributed by atoms with Gasteiger partial charge in [-0.2, -0.15) is 5.26 Å². The Morgan fingerprint density at radius 1 is 1.17 bits per heavy atom. The number of hydrogen-bond acceptors (Lipinski definition) is 3. The molecule has 3 rings (SSSR count). The van der Waals surface area contributed by atoms with Crippen molar-refractivity contribution in [3.05, 3.63) is 71.4 Å². The molecule has 0 radical (unpaired) electrons. The first-order valence-electron chi connectivity index (χ1n) is 7.38. The molecule has 1 heterocycles. The molecule has 0 fully saturated rings. The highest BCUT2D eigenvalue weighted by atomic mass is 32.2. The van der Waals surface area contributed by atoms with Crippen molar-refractivity contribution in [1.82, 2.24) is 9.55 Å². The van der Waals surface area contributed by atoms with E-state index < -0.39 is 0 Å². The van der Waals surface area contributed by atoms with E-state index >= 15 is 0 Å². The van der Waals surface area contributed by atoms with Gasteiger partial charge in [-0.3, -0.25) is 0 Å².